The average Bonchev–Trinajstić information content (AvgIpc) is 1.52. The highest BCUT2D eigenvalue weighted by Gasteiger charge is 2.40. The summed E-state index contributed by atoms with van der Waals surface area (Å²) >= 11 is 0. The van der Waals surface area contributed by atoms with Crippen molar-refractivity contribution in [3.05, 3.63) is 132 Å². The molecule has 0 amide bonds. The van der Waals surface area contributed by atoms with E-state index in [0.29, 0.717) is 6.04 Å². The van der Waals surface area contributed by atoms with E-state index in [9.17, 15) is 21.2 Å². The van der Waals surface area contributed by atoms with E-state index in [2.05, 4.69) is 50.0 Å². The fourth-order valence-electron chi connectivity index (χ4n) is 10.5. The third-order valence-electron chi connectivity index (χ3n) is 15.6. The summed E-state index contributed by atoms with van der Waals surface area (Å²) in [5.41, 5.74) is 0.448. The second kappa shape index (κ2) is 30.1. The highest BCUT2D eigenvalue weighted by molar-refractivity contribution is 7.93. The Morgan fingerprint density at radius 3 is 1.24 bits per heavy atom. The Morgan fingerprint density at radius 2 is 0.865 bits per heavy atom. The maximum Gasteiger partial charge on any atom is 0.246 e. The van der Waals surface area contributed by atoms with Gasteiger partial charge in [0, 0.05) is 70.7 Å². The van der Waals surface area contributed by atoms with Crippen LogP contribution in [0.25, 0.3) is 34.4 Å². The van der Waals surface area contributed by atoms with Crippen LogP contribution in [-0.4, -0.2) is 183 Å². The molecule has 0 radical (unpaired) electrons. The van der Waals surface area contributed by atoms with Gasteiger partial charge in [-0.15, -0.1) is 20.4 Å². The van der Waals surface area contributed by atoms with Crippen LogP contribution in [0.5, 0.6) is 34.8 Å². The Kier molecular flexibility index (Phi) is 23.1. The average molecular weight is 1440 g/mol. The molecule has 518 valence electrons. The number of ether oxygens (including phenoxy) is 8. The van der Waals surface area contributed by atoms with Gasteiger partial charge in [0.05, 0.1) is 84.2 Å². The number of sulfonamides is 2. The fraction of sp³-hybridized carbons (Fsp3) is 0.387. The number of sulfone groups is 2. The van der Waals surface area contributed by atoms with Gasteiger partial charge in [0.1, 0.15) is 57.4 Å². The van der Waals surface area contributed by atoms with Crippen molar-refractivity contribution in [2.45, 2.75) is 72.9 Å². The normalized spacial score (nSPS) is 13.0. The van der Waals surface area contributed by atoms with Gasteiger partial charge in [-0.1, -0.05) is 69.1 Å². The summed E-state index contributed by atoms with van der Waals surface area (Å²) in [6.45, 7) is 9.25. The summed E-state index contributed by atoms with van der Waals surface area (Å²) in [5.74, 6) is -2.91. The molecule has 8 rings (SSSR count). The lowest BCUT2D eigenvalue weighted by Gasteiger charge is -2.31. The lowest BCUT2D eigenvalue weighted by molar-refractivity contribution is 0.0758. The third-order valence-corrected chi connectivity index (χ3v) is 26.2. The molecule has 34 heteroatoms. The molecule has 26 nitrogen and oxygen atoms in total. The number of methoxy groups -OCH3 is 7. The lowest BCUT2D eigenvalue weighted by Crippen LogP contribution is -2.41. The summed E-state index contributed by atoms with van der Waals surface area (Å²) in [4.78, 5) is 8.19. The van der Waals surface area contributed by atoms with Crippen molar-refractivity contribution in [3.8, 4) is 69.2 Å². The molecule has 0 unspecified atom stereocenters. The van der Waals surface area contributed by atoms with Gasteiger partial charge in [-0.3, -0.25) is 9.13 Å². The summed E-state index contributed by atoms with van der Waals surface area (Å²) < 4.78 is 199. The fourth-order valence-corrected chi connectivity index (χ4v) is 18.5. The first-order valence-corrected chi connectivity index (χ1v) is 43.9. The number of halogens is 2. The largest absolute Gasteiger partial charge is 0.494 e. The number of para-hydroxylation sites is 2. The Morgan fingerprint density at radius 1 is 0.479 bits per heavy atom. The zero-order valence-corrected chi connectivity index (χ0v) is 60.9. The predicted octanol–water partition coefficient (Wildman–Crippen LogP) is 9.27. The van der Waals surface area contributed by atoms with Crippen molar-refractivity contribution in [2.75, 3.05) is 102 Å². The predicted molar refractivity (Wildman–Crippen MR) is 363 cm³/mol. The van der Waals surface area contributed by atoms with Gasteiger partial charge >= 0.3 is 0 Å². The molecular weight excluding hydrogens is 1360 g/mol. The van der Waals surface area contributed by atoms with E-state index in [1.165, 1.54) is 65.0 Å². The van der Waals surface area contributed by atoms with Crippen LogP contribution >= 0.6 is 0 Å². The molecule has 4 aromatic carbocycles. The topological polar surface area (TPSA) is 304 Å². The van der Waals surface area contributed by atoms with Gasteiger partial charge in [0.25, 0.3) is 0 Å². The van der Waals surface area contributed by atoms with Crippen LogP contribution in [0.1, 0.15) is 23.3 Å². The van der Waals surface area contributed by atoms with E-state index in [0.717, 1.165) is 51.5 Å². The van der Waals surface area contributed by atoms with Crippen molar-refractivity contribution in [1.29, 1.82) is 0 Å². The van der Waals surface area contributed by atoms with E-state index >= 15 is 21.2 Å². The number of pyridine rings is 2. The van der Waals surface area contributed by atoms with Crippen LogP contribution in [0, 0.1) is 11.6 Å². The van der Waals surface area contributed by atoms with Crippen LogP contribution in [0.2, 0.25) is 50.9 Å². The Hall–Kier alpha value is -8.13. The van der Waals surface area contributed by atoms with E-state index < -0.39 is 101 Å². The maximum atomic E-state index is 15.9. The molecule has 0 N–H and O–H groups in total. The van der Waals surface area contributed by atoms with Crippen LogP contribution in [-0.2, 0) is 49.2 Å². The minimum atomic E-state index is -4.82. The molecule has 4 heterocycles. The van der Waals surface area contributed by atoms with Crippen molar-refractivity contribution in [2.24, 2.45) is 0 Å². The van der Waals surface area contributed by atoms with Crippen LogP contribution in [0.4, 0.5) is 20.7 Å². The van der Waals surface area contributed by atoms with Gasteiger partial charge < -0.3 is 37.9 Å². The van der Waals surface area contributed by atoms with Crippen molar-refractivity contribution < 1.29 is 80.3 Å². The first-order chi connectivity index (χ1) is 45.2. The van der Waals surface area contributed by atoms with E-state index in [1.807, 2.05) is 13.1 Å². The Labute approximate surface area is 560 Å². The molecule has 0 spiro atoms. The van der Waals surface area contributed by atoms with Crippen LogP contribution in [0.15, 0.2) is 119 Å². The lowest BCUT2D eigenvalue weighted by atomic mass is 10.1. The van der Waals surface area contributed by atoms with Gasteiger partial charge in [-0.25, -0.2) is 61.0 Å². The highest BCUT2D eigenvalue weighted by Crippen LogP contribution is 2.43. The van der Waals surface area contributed by atoms with Gasteiger partial charge in [-0.2, -0.15) is 0 Å². The second-order valence-electron chi connectivity index (χ2n) is 24.1. The minimum absolute atomic E-state index is 0.00126. The van der Waals surface area contributed by atoms with Crippen LogP contribution in [0.3, 0.4) is 0 Å². The van der Waals surface area contributed by atoms with Crippen LogP contribution < -0.4 is 37.0 Å². The minimum Gasteiger partial charge on any atom is -0.494 e. The Bertz CT molecular complexity index is 4540. The number of hydrogen-bond donors (Lipinski definition) is 0. The van der Waals surface area contributed by atoms with Gasteiger partial charge in [0.15, 0.2) is 31.3 Å². The molecule has 0 aliphatic heterocycles. The zero-order chi connectivity index (χ0) is 70.3. The molecule has 0 aliphatic rings. The number of anilines is 2. The molecule has 4 aromatic heterocycles. The van der Waals surface area contributed by atoms with E-state index in [-0.39, 0.29) is 124 Å². The number of benzene rings is 4. The molecule has 2 atom stereocenters. The number of aromatic nitrogens is 8. The van der Waals surface area contributed by atoms with Gasteiger partial charge in [-0.05, 0) is 78.8 Å². The Balaban J connectivity index is 1.23. The summed E-state index contributed by atoms with van der Waals surface area (Å²) in [6, 6.07) is 26.1. The number of rotatable bonds is 33. The third kappa shape index (κ3) is 17.0. The smallest absolute Gasteiger partial charge is 0.246 e. The van der Waals surface area contributed by atoms with E-state index in [1.54, 1.807) is 72.8 Å². The molecule has 0 aliphatic carbocycles. The van der Waals surface area contributed by atoms with Crippen molar-refractivity contribution in [3.63, 3.8) is 0 Å². The monoisotopic (exact) mass is 1440 g/mol. The molecule has 0 saturated heterocycles. The first-order valence-electron chi connectivity index (χ1n) is 29.7. The van der Waals surface area contributed by atoms with Gasteiger partial charge in [0.2, 0.25) is 43.7 Å². The quantitative estimate of drug-likeness (QED) is 0.0346. The molecule has 8 aromatic rings. The number of nitrogens with zero attached hydrogens (tertiary/aromatic N) is 10. The zero-order valence-electron chi connectivity index (χ0n) is 55.6. The molecule has 96 heavy (non-hydrogen) atoms. The molecule has 0 bridgehead atoms. The maximum absolute atomic E-state index is 15.9. The molecular formula is C62H78F2N10O16S4Si2. The summed E-state index contributed by atoms with van der Waals surface area (Å²) in [7, 11) is -13.5. The van der Waals surface area contributed by atoms with E-state index in [4.69, 9.17) is 37.9 Å². The number of hydrogen-bond acceptors (Lipinski definition) is 22. The molecule has 0 saturated carbocycles. The molecule has 0 fully saturated rings. The highest BCUT2D eigenvalue weighted by atomic mass is 32.2. The standard InChI is InChI=1S/C62H78F2N10O16S4Si2/c1-83-47-21-17-22-48(84-2)57(47)73-59(45-19-15-25-55(65-45)88-6)67-69-61(73)71(31-34-95(10,11)12)94(81,82)40-52(44-30-28-42(64)38-54(44)92(9,77)78)90-33-36-96(13,14)35-32-72(93(79,80)39-51(87-5)43-29-27-41(63)37-53(43)91(8,75)76)62-70-68-60(46-20-16-26-56(66-46)89-7)74(62)58-49(85-3)23-18-24-50(58)86-4/h15-30,37-38,51-52H,31-36,39-40H2,1-14H3/t51-,52+/m1/s1. The SMILES string of the molecule is COc1cccc(-c2nnc(N(CC[Si](C)(C)C)S(=O)(=O)C[C@H](OCC[Si](C)(C)CCN(c3nnc(-c4cccc(OC)n4)n3-c3c(OC)cccc3OC)S(=O)(=O)C[C@@H](OC)c3ccc(F)cc3S(C)(=O)=O)c3ccc(F)cc3S(C)(=O)=O)n2-c2c(OC)cccc2OC)n1. The summed E-state index contributed by atoms with van der Waals surface area (Å²) in [5, 5.41) is 18.2. The van der Waals surface area contributed by atoms with Crippen molar-refractivity contribution in [1.82, 2.24) is 39.5 Å². The van der Waals surface area contributed by atoms with Crippen molar-refractivity contribution >= 4 is 67.8 Å². The summed E-state index contributed by atoms with van der Waals surface area (Å²) in [6.07, 6.45) is -1.42. The second-order valence-corrected chi connectivity index (χ2v) is 42.9. The first kappa shape index (κ1) is 73.7.